The lowest BCUT2D eigenvalue weighted by atomic mass is 9.93. The fourth-order valence-electron chi connectivity index (χ4n) is 2.25. The van der Waals surface area contributed by atoms with Crippen molar-refractivity contribution in [1.29, 1.82) is 0 Å². The summed E-state index contributed by atoms with van der Waals surface area (Å²) in [6, 6.07) is 3.60. The second kappa shape index (κ2) is 4.89. The number of aromatic nitrogens is 4. The molecule has 0 bridgehead atoms. The smallest absolute Gasteiger partial charge is 0.233 e. The van der Waals surface area contributed by atoms with E-state index in [1.54, 1.807) is 19.2 Å². The highest BCUT2D eigenvalue weighted by Gasteiger charge is 2.19. The Hall–Kier alpha value is -2.08. The third kappa shape index (κ3) is 2.26. The molecule has 1 aliphatic carbocycles. The maximum Gasteiger partial charge on any atom is 0.233 e. The number of fused-ring (bicyclic) bond motifs is 1. The van der Waals surface area contributed by atoms with Crippen LogP contribution in [-0.4, -0.2) is 27.3 Å². The molecule has 1 aliphatic rings. The number of nitrogens with two attached hydrogens (primary N) is 1. The minimum atomic E-state index is 0.0553. The zero-order valence-electron chi connectivity index (χ0n) is 10.7. The van der Waals surface area contributed by atoms with Crippen LogP contribution in [-0.2, 0) is 6.42 Å². The van der Waals surface area contributed by atoms with Crippen molar-refractivity contribution >= 4 is 0 Å². The normalized spacial score (nSPS) is 17.9. The summed E-state index contributed by atoms with van der Waals surface area (Å²) in [4.78, 5) is 8.89. The molecule has 0 aliphatic heterocycles. The molecule has 98 valence electrons. The molecule has 6 heteroatoms. The first-order chi connectivity index (χ1) is 9.28. The van der Waals surface area contributed by atoms with Crippen LogP contribution in [0.1, 0.15) is 30.1 Å². The monoisotopic (exact) mass is 257 g/mol. The second-order valence-electron chi connectivity index (χ2n) is 4.56. The molecule has 2 heterocycles. The molecule has 19 heavy (non-hydrogen) atoms. The van der Waals surface area contributed by atoms with Gasteiger partial charge in [-0.3, -0.25) is 0 Å². The lowest BCUT2D eigenvalue weighted by Gasteiger charge is -2.20. The van der Waals surface area contributed by atoms with Crippen molar-refractivity contribution in [3.8, 4) is 17.4 Å². The molecule has 0 spiro atoms. The zero-order valence-corrected chi connectivity index (χ0v) is 10.7. The topological polar surface area (TPSA) is 86.8 Å². The van der Waals surface area contributed by atoms with Crippen molar-refractivity contribution in [3.05, 3.63) is 29.6 Å². The first kappa shape index (κ1) is 12.0. The summed E-state index contributed by atoms with van der Waals surface area (Å²) in [7, 11) is 1.56. The number of hydrogen-bond donors (Lipinski definition) is 1. The van der Waals surface area contributed by atoms with Crippen LogP contribution in [0.25, 0.3) is 11.5 Å². The molecule has 2 N–H and O–H groups in total. The van der Waals surface area contributed by atoms with Gasteiger partial charge in [-0.05, 0) is 25.3 Å². The van der Waals surface area contributed by atoms with Gasteiger partial charge in [0.05, 0.1) is 7.11 Å². The summed E-state index contributed by atoms with van der Waals surface area (Å²) in [5.74, 6) is 1.06. The number of rotatable bonds is 2. The molecule has 3 rings (SSSR count). The van der Waals surface area contributed by atoms with E-state index in [0.29, 0.717) is 17.4 Å². The number of methoxy groups -OCH3 is 1. The molecule has 0 radical (unpaired) electrons. The Labute approximate surface area is 111 Å². The Morgan fingerprint density at radius 3 is 2.95 bits per heavy atom. The van der Waals surface area contributed by atoms with E-state index in [4.69, 9.17) is 10.5 Å². The summed E-state index contributed by atoms with van der Waals surface area (Å²) in [6.45, 7) is 0. The second-order valence-corrected chi connectivity index (χ2v) is 4.56. The van der Waals surface area contributed by atoms with E-state index >= 15 is 0 Å². The largest absolute Gasteiger partial charge is 0.480 e. The fraction of sp³-hybridized carbons (Fsp3) is 0.385. The summed E-state index contributed by atoms with van der Waals surface area (Å²) in [5, 5.41) is 7.98. The zero-order chi connectivity index (χ0) is 13.2. The van der Waals surface area contributed by atoms with Crippen LogP contribution in [0.5, 0.6) is 5.88 Å². The van der Waals surface area contributed by atoms with Crippen LogP contribution in [0.4, 0.5) is 0 Å². The molecule has 0 amide bonds. The molecule has 0 saturated carbocycles. The van der Waals surface area contributed by atoms with E-state index < -0.39 is 0 Å². The van der Waals surface area contributed by atoms with Crippen LogP contribution in [0, 0.1) is 0 Å². The van der Waals surface area contributed by atoms with Gasteiger partial charge in [0.1, 0.15) is 5.69 Å². The Kier molecular flexibility index (Phi) is 3.08. The van der Waals surface area contributed by atoms with Crippen molar-refractivity contribution in [2.75, 3.05) is 7.11 Å². The standard InChI is InChI=1S/C13H15N5O/c1-19-12-6-5-11(17-18-12)13-15-7-8-9(14)3-2-4-10(8)16-13/h5-7,9H,2-4,14H2,1H3. The predicted octanol–water partition coefficient (Wildman–Crippen LogP) is 1.28. The molecule has 2 aromatic heterocycles. The predicted molar refractivity (Wildman–Crippen MR) is 69.5 cm³/mol. The molecule has 2 aromatic rings. The number of hydrogen-bond acceptors (Lipinski definition) is 6. The minimum Gasteiger partial charge on any atom is -0.480 e. The van der Waals surface area contributed by atoms with Gasteiger partial charge >= 0.3 is 0 Å². The maximum absolute atomic E-state index is 6.05. The maximum atomic E-state index is 6.05. The van der Waals surface area contributed by atoms with Crippen molar-refractivity contribution in [2.45, 2.75) is 25.3 Å². The van der Waals surface area contributed by atoms with Crippen LogP contribution >= 0.6 is 0 Å². The summed E-state index contributed by atoms with van der Waals surface area (Å²) in [5.41, 5.74) is 8.77. The van der Waals surface area contributed by atoms with Crippen molar-refractivity contribution in [2.24, 2.45) is 5.73 Å². The van der Waals surface area contributed by atoms with Gasteiger partial charge in [0.25, 0.3) is 0 Å². The average molecular weight is 257 g/mol. The Morgan fingerprint density at radius 2 is 2.21 bits per heavy atom. The Balaban J connectivity index is 1.96. The van der Waals surface area contributed by atoms with E-state index in [1.807, 2.05) is 6.20 Å². The van der Waals surface area contributed by atoms with Gasteiger partial charge in [-0.2, -0.15) is 0 Å². The minimum absolute atomic E-state index is 0.0553. The lowest BCUT2D eigenvalue weighted by Crippen LogP contribution is -2.19. The van der Waals surface area contributed by atoms with Crippen LogP contribution in [0.15, 0.2) is 18.3 Å². The first-order valence-electron chi connectivity index (χ1n) is 6.27. The third-order valence-corrected chi connectivity index (χ3v) is 3.31. The van der Waals surface area contributed by atoms with Crippen LogP contribution < -0.4 is 10.5 Å². The highest BCUT2D eigenvalue weighted by Crippen LogP contribution is 2.27. The summed E-state index contributed by atoms with van der Waals surface area (Å²) >= 11 is 0. The van der Waals surface area contributed by atoms with Crippen molar-refractivity contribution in [3.63, 3.8) is 0 Å². The molecule has 0 fully saturated rings. The fourth-order valence-corrected chi connectivity index (χ4v) is 2.25. The van der Waals surface area contributed by atoms with E-state index in [0.717, 1.165) is 30.5 Å². The SMILES string of the molecule is COc1ccc(-c2ncc3c(n2)CCCC3N)nn1. The quantitative estimate of drug-likeness (QED) is 0.872. The van der Waals surface area contributed by atoms with Gasteiger partial charge in [-0.15, -0.1) is 10.2 Å². The van der Waals surface area contributed by atoms with Gasteiger partial charge in [0, 0.05) is 29.6 Å². The Bertz CT molecular complexity index is 584. The molecule has 6 nitrogen and oxygen atoms in total. The average Bonchev–Trinajstić information content (AvgIpc) is 2.47. The first-order valence-corrected chi connectivity index (χ1v) is 6.27. The van der Waals surface area contributed by atoms with Gasteiger partial charge in [0.2, 0.25) is 5.88 Å². The summed E-state index contributed by atoms with van der Waals surface area (Å²) < 4.78 is 4.98. The van der Waals surface area contributed by atoms with E-state index in [1.165, 1.54) is 0 Å². The highest BCUT2D eigenvalue weighted by molar-refractivity contribution is 5.49. The number of ether oxygens (including phenoxy) is 1. The third-order valence-electron chi connectivity index (χ3n) is 3.31. The van der Waals surface area contributed by atoms with Crippen LogP contribution in [0.2, 0.25) is 0 Å². The van der Waals surface area contributed by atoms with Crippen molar-refractivity contribution in [1.82, 2.24) is 20.2 Å². The number of nitrogens with zero attached hydrogens (tertiary/aromatic N) is 4. The van der Waals surface area contributed by atoms with Crippen LogP contribution in [0.3, 0.4) is 0 Å². The van der Waals surface area contributed by atoms with Gasteiger partial charge in [-0.25, -0.2) is 9.97 Å². The van der Waals surface area contributed by atoms with E-state index in [9.17, 15) is 0 Å². The molecule has 1 atom stereocenters. The van der Waals surface area contributed by atoms with Gasteiger partial charge in [0.15, 0.2) is 5.82 Å². The molecular formula is C13H15N5O. The van der Waals surface area contributed by atoms with Gasteiger partial charge in [-0.1, -0.05) is 0 Å². The van der Waals surface area contributed by atoms with E-state index in [-0.39, 0.29) is 6.04 Å². The van der Waals surface area contributed by atoms with Crippen molar-refractivity contribution < 1.29 is 4.74 Å². The van der Waals surface area contributed by atoms with Gasteiger partial charge < -0.3 is 10.5 Å². The molecule has 1 unspecified atom stereocenters. The Morgan fingerprint density at radius 1 is 1.32 bits per heavy atom. The summed E-state index contributed by atoms with van der Waals surface area (Å²) in [6.07, 6.45) is 4.83. The molecular weight excluding hydrogens is 242 g/mol. The molecule has 0 aromatic carbocycles. The van der Waals surface area contributed by atoms with E-state index in [2.05, 4.69) is 20.2 Å². The number of aryl methyl sites for hydroxylation is 1. The highest BCUT2D eigenvalue weighted by atomic mass is 16.5. The lowest BCUT2D eigenvalue weighted by molar-refractivity contribution is 0.392. The molecule has 0 saturated heterocycles.